The Hall–Kier alpha value is -3.42. The van der Waals surface area contributed by atoms with Crippen molar-refractivity contribution in [3.05, 3.63) is 88.7 Å². The van der Waals surface area contributed by atoms with Gasteiger partial charge in [-0.25, -0.2) is 0 Å². The molecule has 0 aliphatic carbocycles. The number of methoxy groups -OCH3 is 1. The number of benzene rings is 2. The molecule has 1 aliphatic rings. The van der Waals surface area contributed by atoms with E-state index in [9.17, 15) is 9.90 Å². The molecule has 2 aromatic carbocycles. The maximum atomic E-state index is 12.9. The summed E-state index contributed by atoms with van der Waals surface area (Å²) in [5.41, 5.74) is 4.61. The Morgan fingerprint density at radius 1 is 1.06 bits per heavy atom. The fourth-order valence-corrected chi connectivity index (χ4v) is 4.16. The third kappa shape index (κ3) is 5.99. The molecule has 1 saturated heterocycles. The van der Waals surface area contributed by atoms with E-state index < -0.39 is 6.10 Å². The van der Waals surface area contributed by atoms with Crippen LogP contribution in [0.5, 0.6) is 11.5 Å². The van der Waals surface area contributed by atoms with Gasteiger partial charge in [-0.15, -0.1) is 0 Å². The molecule has 0 bridgehead atoms. The average molecular weight is 477 g/mol. The zero-order chi connectivity index (χ0) is 24.8. The molecule has 2 heterocycles. The first kappa shape index (κ1) is 24.7. The Labute approximate surface area is 206 Å². The number of ether oxygens (including phenoxy) is 2. The van der Waals surface area contributed by atoms with Gasteiger partial charge in [-0.3, -0.25) is 9.78 Å². The van der Waals surface area contributed by atoms with Crippen LogP contribution >= 0.6 is 0 Å². The molecule has 0 saturated carbocycles. The quantitative estimate of drug-likeness (QED) is 0.466. The van der Waals surface area contributed by atoms with E-state index in [2.05, 4.69) is 36.2 Å². The van der Waals surface area contributed by atoms with Crippen LogP contribution in [-0.4, -0.2) is 58.9 Å². The van der Waals surface area contributed by atoms with E-state index in [0.717, 1.165) is 23.1 Å². The lowest BCUT2D eigenvalue weighted by atomic mass is 9.90. The van der Waals surface area contributed by atoms with Crippen molar-refractivity contribution >= 4 is 5.91 Å². The normalized spacial score (nSPS) is 14.3. The van der Waals surface area contributed by atoms with E-state index in [1.165, 1.54) is 5.56 Å². The first-order chi connectivity index (χ1) is 17.0. The van der Waals surface area contributed by atoms with Crippen LogP contribution in [0.4, 0.5) is 0 Å². The minimum Gasteiger partial charge on any atom is -0.493 e. The van der Waals surface area contributed by atoms with Gasteiger partial charge in [-0.1, -0.05) is 37.3 Å². The van der Waals surface area contributed by atoms with Crippen LogP contribution in [0.1, 0.15) is 45.6 Å². The topological polar surface area (TPSA) is 92.1 Å². The van der Waals surface area contributed by atoms with Crippen molar-refractivity contribution in [2.75, 3.05) is 26.8 Å². The molecule has 4 rings (SSSR count). The highest BCUT2D eigenvalue weighted by molar-refractivity contribution is 5.93. The molecule has 3 aromatic rings. The number of aromatic nitrogens is 1. The highest BCUT2D eigenvalue weighted by atomic mass is 16.5. The molecule has 1 unspecified atom stereocenters. The number of hydrogen-bond acceptors (Lipinski definition) is 6. The summed E-state index contributed by atoms with van der Waals surface area (Å²) in [4.78, 5) is 18.8. The maximum Gasteiger partial charge on any atom is 0.272 e. The minimum atomic E-state index is -0.850. The molecule has 2 N–H and O–H groups in total. The van der Waals surface area contributed by atoms with Crippen molar-refractivity contribution in [3.63, 3.8) is 0 Å². The van der Waals surface area contributed by atoms with Crippen LogP contribution in [0, 0.1) is 0 Å². The van der Waals surface area contributed by atoms with Gasteiger partial charge in [-0.05, 0) is 52.9 Å². The molecule has 0 radical (unpaired) electrons. The highest BCUT2D eigenvalue weighted by Gasteiger charge is 2.33. The number of amides is 1. The molecule has 1 fully saturated rings. The summed E-state index contributed by atoms with van der Waals surface area (Å²) >= 11 is 0. The third-order valence-corrected chi connectivity index (χ3v) is 6.38. The van der Waals surface area contributed by atoms with Crippen molar-refractivity contribution in [1.82, 2.24) is 9.88 Å². The Kier molecular flexibility index (Phi) is 8.00. The second-order valence-electron chi connectivity index (χ2n) is 8.87. The number of rotatable bonds is 10. The van der Waals surface area contributed by atoms with Gasteiger partial charge in [0.15, 0.2) is 11.5 Å². The summed E-state index contributed by atoms with van der Waals surface area (Å²) in [5, 5.41) is 18.7. The summed E-state index contributed by atoms with van der Waals surface area (Å²) in [6, 6.07) is 17.8. The lowest BCUT2D eigenvalue weighted by Crippen LogP contribution is -2.48. The number of aliphatic hydroxyl groups is 2. The van der Waals surface area contributed by atoms with E-state index in [-0.39, 0.29) is 24.9 Å². The Morgan fingerprint density at radius 3 is 2.49 bits per heavy atom. The van der Waals surface area contributed by atoms with Crippen LogP contribution in [0.2, 0.25) is 0 Å². The molecule has 184 valence electrons. The van der Waals surface area contributed by atoms with Crippen molar-refractivity contribution in [3.8, 4) is 11.5 Å². The molecule has 1 aromatic heterocycles. The van der Waals surface area contributed by atoms with Gasteiger partial charge >= 0.3 is 0 Å². The van der Waals surface area contributed by atoms with Gasteiger partial charge in [0.05, 0.1) is 19.8 Å². The molecule has 1 amide bonds. The van der Waals surface area contributed by atoms with E-state index in [1.54, 1.807) is 30.3 Å². The minimum absolute atomic E-state index is 0.136. The number of pyridine rings is 1. The van der Waals surface area contributed by atoms with Crippen LogP contribution in [-0.2, 0) is 19.4 Å². The highest BCUT2D eigenvalue weighted by Crippen LogP contribution is 2.35. The second kappa shape index (κ2) is 11.3. The number of nitrogens with zero attached hydrogens (tertiary/aromatic N) is 2. The largest absolute Gasteiger partial charge is 0.493 e. The first-order valence-electron chi connectivity index (χ1n) is 11.9. The smallest absolute Gasteiger partial charge is 0.272 e. The van der Waals surface area contributed by atoms with Crippen LogP contribution in [0.15, 0.2) is 60.8 Å². The van der Waals surface area contributed by atoms with Gasteiger partial charge in [0.2, 0.25) is 0 Å². The van der Waals surface area contributed by atoms with E-state index in [0.29, 0.717) is 36.9 Å². The van der Waals surface area contributed by atoms with E-state index in [1.807, 2.05) is 18.2 Å². The number of aliphatic hydroxyl groups excluding tert-OH is 2. The van der Waals surface area contributed by atoms with Crippen LogP contribution in [0.3, 0.4) is 0 Å². The Bertz CT molecular complexity index is 1140. The van der Waals surface area contributed by atoms with E-state index in [4.69, 9.17) is 14.6 Å². The molecular formula is C28H32N2O5. The molecule has 0 spiro atoms. The molecule has 35 heavy (non-hydrogen) atoms. The van der Waals surface area contributed by atoms with Crippen molar-refractivity contribution < 1.29 is 24.5 Å². The van der Waals surface area contributed by atoms with Gasteiger partial charge in [0, 0.05) is 31.6 Å². The lowest BCUT2D eigenvalue weighted by molar-refractivity contribution is 0.0595. The summed E-state index contributed by atoms with van der Waals surface area (Å²) in [6.07, 6.45) is 2.00. The second-order valence-corrected chi connectivity index (χ2v) is 8.87. The standard InChI is InChI=1S/C28H32N2O5/c1-3-19-4-6-20(7-5-19)18-35-26-9-8-22(14-27(26)34-2)23-15-30(16-23)28(33)25-13-21(10-11-29-25)12-24(32)17-31/h4-11,13-14,23-24,31-32H,3,12,15-18H2,1-2H3. The monoisotopic (exact) mass is 476 g/mol. The van der Waals surface area contributed by atoms with Gasteiger partial charge in [-0.2, -0.15) is 0 Å². The molecule has 1 atom stereocenters. The fourth-order valence-electron chi connectivity index (χ4n) is 4.16. The number of carbonyl (C=O) groups is 1. The van der Waals surface area contributed by atoms with Crippen molar-refractivity contribution in [1.29, 1.82) is 0 Å². The lowest BCUT2D eigenvalue weighted by Gasteiger charge is -2.39. The summed E-state index contributed by atoms with van der Waals surface area (Å²) in [5.74, 6) is 1.44. The van der Waals surface area contributed by atoms with Crippen LogP contribution < -0.4 is 9.47 Å². The van der Waals surface area contributed by atoms with Crippen molar-refractivity contribution in [2.45, 2.75) is 38.4 Å². The number of likely N-dealkylation sites (tertiary alicyclic amines) is 1. The number of aryl methyl sites for hydroxylation is 1. The predicted octanol–water partition coefficient (Wildman–Crippen LogP) is 3.37. The Balaban J connectivity index is 1.35. The molecule has 1 aliphatic heterocycles. The zero-order valence-corrected chi connectivity index (χ0v) is 20.2. The molecule has 7 heteroatoms. The van der Waals surface area contributed by atoms with Gasteiger partial charge < -0.3 is 24.6 Å². The number of carbonyl (C=O) groups excluding carboxylic acids is 1. The Morgan fingerprint density at radius 2 is 1.80 bits per heavy atom. The summed E-state index contributed by atoms with van der Waals surface area (Å²) in [6.45, 7) is 3.47. The van der Waals surface area contributed by atoms with E-state index >= 15 is 0 Å². The SMILES string of the molecule is CCc1ccc(COc2ccc(C3CN(C(=O)c4cc(CC(O)CO)ccn4)C3)cc2OC)cc1. The van der Waals surface area contributed by atoms with Gasteiger partial charge in [0.25, 0.3) is 5.91 Å². The molecular weight excluding hydrogens is 444 g/mol. The maximum absolute atomic E-state index is 12.9. The first-order valence-corrected chi connectivity index (χ1v) is 11.9. The zero-order valence-electron chi connectivity index (χ0n) is 20.2. The summed E-state index contributed by atoms with van der Waals surface area (Å²) in [7, 11) is 1.63. The third-order valence-electron chi connectivity index (χ3n) is 6.38. The average Bonchev–Trinajstić information content (AvgIpc) is 2.87. The van der Waals surface area contributed by atoms with Crippen LogP contribution in [0.25, 0.3) is 0 Å². The summed E-state index contributed by atoms with van der Waals surface area (Å²) < 4.78 is 11.6. The van der Waals surface area contributed by atoms with Crippen molar-refractivity contribution in [2.24, 2.45) is 0 Å². The molecule has 7 nitrogen and oxygen atoms in total. The van der Waals surface area contributed by atoms with Gasteiger partial charge in [0.1, 0.15) is 12.3 Å². The predicted molar refractivity (Wildman–Crippen MR) is 133 cm³/mol. The fraction of sp³-hybridized carbons (Fsp3) is 0.357. The number of hydrogen-bond donors (Lipinski definition) is 2.